The highest BCUT2D eigenvalue weighted by molar-refractivity contribution is 5.74. The average molecular weight is 641 g/mol. The third-order valence-electron chi connectivity index (χ3n) is 11.1. The van der Waals surface area contributed by atoms with Crippen molar-refractivity contribution in [1.29, 1.82) is 0 Å². The number of halogens is 3. The summed E-state index contributed by atoms with van der Waals surface area (Å²) < 4.78 is 45.6. The highest BCUT2D eigenvalue weighted by atomic mass is 19.2. The predicted octanol–water partition coefficient (Wildman–Crippen LogP) is 14.1. The molecule has 3 heteroatoms. The van der Waals surface area contributed by atoms with Crippen LogP contribution in [-0.4, -0.2) is 0 Å². The lowest BCUT2D eigenvalue weighted by atomic mass is 9.70. The van der Waals surface area contributed by atoms with Gasteiger partial charge in [0.2, 0.25) is 0 Å². The van der Waals surface area contributed by atoms with E-state index in [4.69, 9.17) is 0 Å². The molecule has 1 saturated carbocycles. The van der Waals surface area contributed by atoms with Crippen LogP contribution >= 0.6 is 0 Å². The van der Waals surface area contributed by atoms with Gasteiger partial charge in [-0.25, -0.2) is 13.2 Å². The zero-order chi connectivity index (χ0) is 33.0. The SMILES string of the molecule is C=CCCC1CCC(C2CC=C(c3ccc(-c4ccc(-c5ccc(CCCCCCCCCC)c(F)c5F)cc4)cc3F)CC2)CC1. The number of unbranched alkanes of at least 4 members (excludes halogenated alkanes) is 7. The third-order valence-corrected chi connectivity index (χ3v) is 11.1. The molecule has 0 heterocycles. The molecule has 252 valence electrons. The molecule has 0 spiro atoms. The van der Waals surface area contributed by atoms with E-state index in [1.54, 1.807) is 30.3 Å². The van der Waals surface area contributed by atoms with Gasteiger partial charge in [-0.1, -0.05) is 125 Å². The first-order valence-corrected chi connectivity index (χ1v) is 18.7. The van der Waals surface area contributed by atoms with Crippen molar-refractivity contribution in [2.75, 3.05) is 0 Å². The van der Waals surface area contributed by atoms with Gasteiger partial charge in [0.25, 0.3) is 0 Å². The molecule has 1 atom stereocenters. The summed E-state index contributed by atoms with van der Waals surface area (Å²) in [5.74, 6) is 0.688. The second kappa shape index (κ2) is 17.9. The second-order valence-electron chi connectivity index (χ2n) is 14.3. The normalized spacial score (nSPS) is 19.8. The number of aryl methyl sites for hydroxylation is 1. The standard InChI is InChI=1S/C44H55F3/c1-3-5-7-8-9-10-11-12-14-38-27-30-41(44(47)43(38)46)37-25-21-35(22-26-37)39-28-29-40(42(45)31-39)36-23-19-34(20-24-36)33-17-15-32(16-18-33)13-6-4-2/h4,21-23,25-34H,2-3,5-20,24H2,1H3. The van der Waals surface area contributed by atoms with E-state index in [1.165, 1.54) is 64.2 Å². The molecule has 1 unspecified atom stereocenters. The second-order valence-corrected chi connectivity index (χ2v) is 14.3. The Hall–Kier alpha value is -3.07. The molecule has 1 fully saturated rings. The van der Waals surface area contributed by atoms with Gasteiger partial charge in [-0.05, 0) is 109 Å². The number of hydrogen-bond donors (Lipinski definition) is 0. The minimum Gasteiger partial charge on any atom is -0.206 e. The Morgan fingerprint density at radius 2 is 1.34 bits per heavy atom. The molecular weight excluding hydrogens is 585 g/mol. The number of rotatable bonds is 16. The maximum absolute atomic E-state index is 15.5. The largest absolute Gasteiger partial charge is 0.206 e. The van der Waals surface area contributed by atoms with E-state index < -0.39 is 11.6 Å². The molecule has 47 heavy (non-hydrogen) atoms. The zero-order valence-corrected chi connectivity index (χ0v) is 28.7. The average Bonchev–Trinajstić information content (AvgIpc) is 3.11. The van der Waals surface area contributed by atoms with E-state index in [-0.39, 0.29) is 11.4 Å². The monoisotopic (exact) mass is 640 g/mol. The Bertz CT molecular complexity index is 1460. The molecule has 3 aromatic rings. The van der Waals surface area contributed by atoms with Crippen LogP contribution in [0.15, 0.2) is 73.3 Å². The minimum atomic E-state index is -0.788. The molecule has 5 rings (SSSR count). The molecule has 0 radical (unpaired) electrons. The molecular formula is C44H55F3. The van der Waals surface area contributed by atoms with E-state index in [0.717, 1.165) is 79.4 Å². The third kappa shape index (κ3) is 9.52. The summed E-state index contributed by atoms with van der Waals surface area (Å²) in [7, 11) is 0. The molecule has 0 amide bonds. The Balaban J connectivity index is 1.15. The predicted molar refractivity (Wildman–Crippen MR) is 194 cm³/mol. The number of allylic oxidation sites excluding steroid dienone is 3. The molecule has 2 aliphatic carbocycles. The van der Waals surface area contributed by atoms with Crippen molar-refractivity contribution in [1.82, 2.24) is 0 Å². The Morgan fingerprint density at radius 3 is 2.00 bits per heavy atom. The smallest absolute Gasteiger partial charge is 0.166 e. The van der Waals surface area contributed by atoms with Gasteiger partial charge in [0.1, 0.15) is 5.82 Å². The minimum absolute atomic E-state index is 0.195. The Morgan fingerprint density at radius 1 is 0.681 bits per heavy atom. The molecule has 2 aliphatic rings. The van der Waals surface area contributed by atoms with Crippen LogP contribution in [0.4, 0.5) is 13.2 Å². The number of hydrogen-bond acceptors (Lipinski definition) is 0. The van der Waals surface area contributed by atoms with E-state index in [1.807, 2.05) is 30.3 Å². The molecule has 0 N–H and O–H groups in total. The summed E-state index contributed by atoms with van der Waals surface area (Å²) in [6.07, 6.45) is 25.2. The van der Waals surface area contributed by atoms with Gasteiger partial charge in [0, 0.05) is 11.1 Å². The maximum Gasteiger partial charge on any atom is 0.166 e. The summed E-state index contributed by atoms with van der Waals surface area (Å²) in [5, 5.41) is 0. The van der Waals surface area contributed by atoms with Gasteiger partial charge in [0.05, 0.1) is 0 Å². The van der Waals surface area contributed by atoms with Gasteiger partial charge >= 0.3 is 0 Å². The molecule has 3 aromatic carbocycles. The van der Waals surface area contributed by atoms with Gasteiger partial charge in [-0.2, -0.15) is 0 Å². The lowest BCUT2D eigenvalue weighted by molar-refractivity contribution is 0.190. The zero-order valence-electron chi connectivity index (χ0n) is 28.7. The quantitative estimate of drug-likeness (QED) is 0.108. The Labute approximate surface area is 282 Å². The first kappa shape index (κ1) is 35.2. The molecule has 0 aliphatic heterocycles. The highest BCUT2D eigenvalue weighted by Crippen LogP contribution is 2.42. The van der Waals surface area contributed by atoms with Crippen molar-refractivity contribution >= 4 is 5.57 Å². The molecule has 0 saturated heterocycles. The summed E-state index contributed by atoms with van der Waals surface area (Å²) in [6, 6.07) is 16.3. The lowest BCUT2D eigenvalue weighted by Crippen LogP contribution is -2.23. The molecule has 0 aromatic heterocycles. The topological polar surface area (TPSA) is 0 Å². The van der Waals surface area contributed by atoms with Crippen LogP contribution in [0.25, 0.3) is 27.8 Å². The van der Waals surface area contributed by atoms with Crippen LogP contribution in [0.5, 0.6) is 0 Å². The molecule has 0 bridgehead atoms. The van der Waals surface area contributed by atoms with Gasteiger partial charge in [-0.3, -0.25) is 0 Å². The fourth-order valence-corrected chi connectivity index (χ4v) is 8.08. The van der Waals surface area contributed by atoms with Gasteiger partial charge in [0.15, 0.2) is 11.6 Å². The fraction of sp³-hybridized carbons (Fsp3) is 0.500. The van der Waals surface area contributed by atoms with Gasteiger partial charge < -0.3 is 0 Å². The number of benzene rings is 3. The van der Waals surface area contributed by atoms with Crippen molar-refractivity contribution in [2.45, 2.75) is 122 Å². The molecule has 0 nitrogen and oxygen atoms in total. The van der Waals surface area contributed by atoms with Gasteiger partial charge in [-0.15, -0.1) is 6.58 Å². The van der Waals surface area contributed by atoms with Crippen LogP contribution in [0, 0.1) is 35.2 Å². The van der Waals surface area contributed by atoms with Crippen molar-refractivity contribution in [3.63, 3.8) is 0 Å². The van der Waals surface area contributed by atoms with Crippen molar-refractivity contribution in [3.05, 3.63) is 102 Å². The summed E-state index contributed by atoms with van der Waals surface area (Å²) in [6.45, 7) is 6.09. The highest BCUT2D eigenvalue weighted by Gasteiger charge is 2.29. The van der Waals surface area contributed by atoms with E-state index in [2.05, 4.69) is 19.6 Å². The van der Waals surface area contributed by atoms with Crippen LogP contribution in [0.1, 0.15) is 127 Å². The van der Waals surface area contributed by atoms with E-state index >= 15 is 8.78 Å². The summed E-state index contributed by atoms with van der Waals surface area (Å²) >= 11 is 0. The summed E-state index contributed by atoms with van der Waals surface area (Å²) in [5.41, 5.74) is 4.81. The van der Waals surface area contributed by atoms with E-state index in [9.17, 15) is 4.39 Å². The van der Waals surface area contributed by atoms with Crippen LogP contribution in [0.2, 0.25) is 0 Å². The van der Waals surface area contributed by atoms with Crippen LogP contribution < -0.4 is 0 Å². The van der Waals surface area contributed by atoms with Crippen LogP contribution in [-0.2, 0) is 6.42 Å². The Kier molecular flexibility index (Phi) is 13.4. The van der Waals surface area contributed by atoms with Crippen molar-refractivity contribution in [2.24, 2.45) is 17.8 Å². The fourth-order valence-electron chi connectivity index (χ4n) is 8.08. The van der Waals surface area contributed by atoms with Crippen LogP contribution in [0.3, 0.4) is 0 Å². The van der Waals surface area contributed by atoms with Crippen molar-refractivity contribution in [3.8, 4) is 22.3 Å². The first-order valence-electron chi connectivity index (χ1n) is 18.7. The lowest BCUT2D eigenvalue weighted by Gasteiger charge is -2.35. The summed E-state index contributed by atoms with van der Waals surface area (Å²) in [4.78, 5) is 0. The van der Waals surface area contributed by atoms with E-state index in [0.29, 0.717) is 23.1 Å². The van der Waals surface area contributed by atoms with Crippen molar-refractivity contribution < 1.29 is 13.2 Å². The first-order chi connectivity index (χ1) is 23.0. The maximum atomic E-state index is 15.5.